The second-order valence-electron chi connectivity index (χ2n) is 4.27. The van der Waals surface area contributed by atoms with Gasteiger partial charge in [0.25, 0.3) is 0 Å². The molecule has 0 aliphatic heterocycles. The molecule has 1 N–H and O–H groups in total. The first-order chi connectivity index (χ1) is 9.06. The Balaban J connectivity index is 2.14. The number of benzene rings is 2. The number of hydrogen-bond acceptors (Lipinski definition) is 2. The maximum absolute atomic E-state index is 9.78. The number of halogens is 2. The van der Waals surface area contributed by atoms with Crippen LogP contribution in [0.1, 0.15) is 24.2 Å². The number of thioether (sulfide) groups is 1. The van der Waals surface area contributed by atoms with Gasteiger partial charge in [0.05, 0.1) is 6.10 Å². The van der Waals surface area contributed by atoms with Crippen molar-refractivity contribution in [3.05, 3.63) is 63.1 Å². The number of hydrogen-bond donors (Lipinski definition) is 1. The van der Waals surface area contributed by atoms with Gasteiger partial charge in [0, 0.05) is 20.1 Å². The summed E-state index contributed by atoms with van der Waals surface area (Å²) < 4.78 is 1.02. The van der Waals surface area contributed by atoms with E-state index in [0.717, 1.165) is 25.7 Å². The van der Waals surface area contributed by atoms with E-state index in [1.807, 2.05) is 42.5 Å². The molecule has 1 nitrogen and oxygen atoms in total. The summed E-state index contributed by atoms with van der Waals surface area (Å²) in [6, 6.07) is 13.8. The lowest BCUT2D eigenvalue weighted by molar-refractivity contribution is 0.196. The molecule has 2 rings (SSSR count). The molecule has 1 atom stereocenters. The average Bonchev–Trinajstić information content (AvgIpc) is 2.38. The summed E-state index contributed by atoms with van der Waals surface area (Å²) >= 11 is 11.1. The molecule has 0 spiro atoms. The molecule has 2 aromatic rings. The highest BCUT2D eigenvalue weighted by Crippen LogP contribution is 2.32. The Morgan fingerprint density at radius 1 is 1.21 bits per heavy atom. The van der Waals surface area contributed by atoms with Crippen molar-refractivity contribution in [2.45, 2.75) is 23.7 Å². The molecule has 4 heteroatoms. The Bertz CT molecular complexity index is 555. The van der Waals surface area contributed by atoms with E-state index >= 15 is 0 Å². The standard InChI is InChI=1S/C15H14BrClOS/c1-10(18)14-7-4-12(16)8-15(14)19-9-11-2-5-13(17)6-3-11/h2-8,10,18H,9H2,1H3. The summed E-state index contributed by atoms with van der Waals surface area (Å²) in [5.41, 5.74) is 2.17. The van der Waals surface area contributed by atoms with Gasteiger partial charge in [0.2, 0.25) is 0 Å². The van der Waals surface area contributed by atoms with Crippen molar-refractivity contribution in [2.75, 3.05) is 0 Å². The van der Waals surface area contributed by atoms with E-state index < -0.39 is 6.10 Å². The fourth-order valence-corrected chi connectivity index (χ4v) is 3.49. The molecule has 0 heterocycles. The van der Waals surface area contributed by atoms with Gasteiger partial charge in [-0.1, -0.05) is 45.7 Å². The minimum absolute atomic E-state index is 0.458. The fraction of sp³-hybridized carbons (Fsp3) is 0.200. The third-order valence-corrected chi connectivity index (χ3v) is 4.62. The van der Waals surface area contributed by atoms with E-state index in [1.165, 1.54) is 5.56 Å². The van der Waals surface area contributed by atoms with Crippen molar-refractivity contribution in [1.82, 2.24) is 0 Å². The molecule has 100 valence electrons. The molecule has 0 radical (unpaired) electrons. The minimum atomic E-state index is -0.458. The smallest absolute Gasteiger partial charge is 0.0772 e. The highest BCUT2D eigenvalue weighted by atomic mass is 79.9. The van der Waals surface area contributed by atoms with Gasteiger partial charge in [-0.15, -0.1) is 11.8 Å². The van der Waals surface area contributed by atoms with Crippen LogP contribution in [0.2, 0.25) is 5.02 Å². The first-order valence-corrected chi connectivity index (χ1v) is 8.06. The fourth-order valence-electron chi connectivity index (χ4n) is 1.72. The van der Waals surface area contributed by atoms with Crippen LogP contribution >= 0.6 is 39.3 Å². The molecule has 2 aromatic carbocycles. The first kappa shape index (κ1) is 14.9. The molecular weight excluding hydrogens is 344 g/mol. The Morgan fingerprint density at radius 3 is 2.53 bits per heavy atom. The van der Waals surface area contributed by atoms with Crippen LogP contribution in [0.15, 0.2) is 51.8 Å². The largest absolute Gasteiger partial charge is 0.389 e. The predicted molar refractivity (Wildman–Crippen MR) is 85.8 cm³/mol. The van der Waals surface area contributed by atoms with E-state index in [9.17, 15) is 5.11 Å². The molecule has 1 unspecified atom stereocenters. The van der Waals surface area contributed by atoms with Crippen molar-refractivity contribution < 1.29 is 5.11 Å². The molecule has 0 amide bonds. The summed E-state index contributed by atoms with van der Waals surface area (Å²) in [6.45, 7) is 1.79. The molecule has 0 saturated heterocycles. The maximum Gasteiger partial charge on any atom is 0.0772 e. The summed E-state index contributed by atoms with van der Waals surface area (Å²) in [6.07, 6.45) is -0.458. The third kappa shape index (κ3) is 4.25. The molecule has 0 aliphatic carbocycles. The molecular formula is C15H14BrClOS. The van der Waals surface area contributed by atoms with Crippen molar-refractivity contribution in [1.29, 1.82) is 0 Å². The van der Waals surface area contributed by atoms with Gasteiger partial charge in [0.1, 0.15) is 0 Å². The van der Waals surface area contributed by atoms with Crippen LogP contribution in [-0.2, 0) is 5.75 Å². The topological polar surface area (TPSA) is 20.2 Å². The SMILES string of the molecule is CC(O)c1ccc(Br)cc1SCc1ccc(Cl)cc1. The summed E-state index contributed by atoms with van der Waals surface area (Å²) in [5.74, 6) is 0.855. The van der Waals surface area contributed by atoms with Gasteiger partial charge in [-0.2, -0.15) is 0 Å². The van der Waals surface area contributed by atoms with Crippen LogP contribution in [0, 0.1) is 0 Å². The summed E-state index contributed by atoms with van der Waals surface area (Å²) in [4.78, 5) is 1.10. The zero-order chi connectivity index (χ0) is 13.8. The molecule has 0 fully saturated rings. The quantitative estimate of drug-likeness (QED) is 0.734. The Morgan fingerprint density at radius 2 is 1.89 bits per heavy atom. The van der Waals surface area contributed by atoms with Crippen LogP contribution < -0.4 is 0 Å². The van der Waals surface area contributed by atoms with Crippen molar-refractivity contribution in [3.8, 4) is 0 Å². The van der Waals surface area contributed by atoms with Gasteiger partial charge in [-0.05, 0) is 42.3 Å². The van der Waals surface area contributed by atoms with Crippen molar-refractivity contribution in [2.24, 2.45) is 0 Å². The molecule has 0 saturated carbocycles. The van der Waals surface area contributed by atoms with Gasteiger partial charge in [-0.3, -0.25) is 0 Å². The first-order valence-electron chi connectivity index (χ1n) is 5.91. The Labute approximate surface area is 131 Å². The number of aliphatic hydroxyl groups excluding tert-OH is 1. The summed E-state index contributed by atoms with van der Waals surface area (Å²) in [5, 5.41) is 10.5. The summed E-state index contributed by atoms with van der Waals surface area (Å²) in [7, 11) is 0. The van der Waals surface area contributed by atoms with Crippen molar-refractivity contribution in [3.63, 3.8) is 0 Å². The number of aliphatic hydroxyl groups is 1. The van der Waals surface area contributed by atoms with E-state index in [0.29, 0.717) is 0 Å². The van der Waals surface area contributed by atoms with Gasteiger partial charge < -0.3 is 5.11 Å². The lowest BCUT2D eigenvalue weighted by Crippen LogP contribution is -1.94. The second kappa shape index (κ2) is 6.80. The lowest BCUT2D eigenvalue weighted by atomic mass is 10.1. The van der Waals surface area contributed by atoms with Crippen LogP contribution in [0.25, 0.3) is 0 Å². The van der Waals surface area contributed by atoms with Crippen LogP contribution in [0.5, 0.6) is 0 Å². The van der Waals surface area contributed by atoms with Crippen LogP contribution in [-0.4, -0.2) is 5.11 Å². The van der Waals surface area contributed by atoms with E-state index in [1.54, 1.807) is 18.7 Å². The number of rotatable bonds is 4. The predicted octanol–water partition coefficient (Wildman–Crippen LogP) is 5.45. The van der Waals surface area contributed by atoms with E-state index in [-0.39, 0.29) is 0 Å². The normalized spacial score (nSPS) is 12.4. The maximum atomic E-state index is 9.78. The lowest BCUT2D eigenvalue weighted by Gasteiger charge is -2.12. The molecule has 0 aliphatic rings. The van der Waals surface area contributed by atoms with Gasteiger partial charge >= 0.3 is 0 Å². The third-order valence-electron chi connectivity index (χ3n) is 2.73. The minimum Gasteiger partial charge on any atom is -0.389 e. The molecule has 0 aromatic heterocycles. The monoisotopic (exact) mass is 356 g/mol. The van der Waals surface area contributed by atoms with E-state index in [2.05, 4.69) is 15.9 Å². The van der Waals surface area contributed by atoms with Crippen molar-refractivity contribution >= 4 is 39.3 Å². The highest BCUT2D eigenvalue weighted by Gasteiger charge is 2.09. The Hall–Kier alpha value is -0.480. The van der Waals surface area contributed by atoms with Crippen LogP contribution in [0.4, 0.5) is 0 Å². The van der Waals surface area contributed by atoms with E-state index in [4.69, 9.17) is 11.6 Å². The highest BCUT2D eigenvalue weighted by molar-refractivity contribution is 9.10. The zero-order valence-corrected chi connectivity index (χ0v) is 13.6. The van der Waals surface area contributed by atoms with Gasteiger partial charge in [-0.25, -0.2) is 0 Å². The van der Waals surface area contributed by atoms with Crippen LogP contribution in [0.3, 0.4) is 0 Å². The Kier molecular flexibility index (Phi) is 5.34. The molecule has 19 heavy (non-hydrogen) atoms. The second-order valence-corrected chi connectivity index (χ2v) is 6.64. The average molecular weight is 358 g/mol. The van der Waals surface area contributed by atoms with Gasteiger partial charge in [0.15, 0.2) is 0 Å². The zero-order valence-electron chi connectivity index (χ0n) is 10.4. The molecule has 0 bridgehead atoms.